The zero-order chi connectivity index (χ0) is 14.7. The lowest BCUT2D eigenvalue weighted by Crippen LogP contribution is -2.06. The summed E-state index contributed by atoms with van der Waals surface area (Å²) in [5, 5.41) is 0.571. The van der Waals surface area contributed by atoms with Crippen molar-refractivity contribution in [2.45, 2.75) is 0 Å². The number of rotatable bonds is 4. The molecule has 2 aromatic carbocycles. The largest absolute Gasteiger partial charge is 0.493 e. The third kappa shape index (κ3) is 2.70. The predicted molar refractivity (Wildman–Crippen MR) is 78.8 cm³/mol. The molecule has 2 N–H and O–H groups in total. The van der Waals surface area contributed by atoms with E-state index in [0.717, 1.165) is 0 Å². The summed E-state index contributed by atoms with van der Waals surface area (Å²) in [4.78, 5) is 12.4. The fraction of sp³-hybridized carbons (Fsp3) is 0.133. The van der Waals surface area contributed by atoms with Gasteiger partial charge in [0.15, 0.2) is 17.3 Å². The monoisotopic (exact) mass is 291 g/mol. The Bertz CT molecular complexity index is 638. The summed E-state index contributed by atoms with van der Waals surface area (Å²) >= 11 is 5.81. The smallest absolute Gasteiger partial charge is 0.195 e. The molecule has 0 fully saturated rings. The van der Waals surface area contributed by atoms with E-state index in [4.69, 9.17) is 26.8 Å². The van der Waals surface area contributed by atoms with Crippen molar-refractivity contribution in [2.75, 3.05) is 20.0 Å². The van der Waals surface area contributed by atoms with Crippen molar-refractivity contribution in [1.82, 2.24) is 0 Å². The van der Waals surface area contributed by atoms with Crippen LogP contribution in [0, 0.1) is 0 Å². The van der Waals surface area contributed by atoms with Crippen molar-refractivity contribution in [1.29, 1.82) is 0 Å². The Labute approximate surface area is 122 Å². The Morgan fingerprint density at radius 1 is 1.05 bits per heavy atom. The molecule has 0 heterocycles. The molecule has 0 aliphatic heterocycles. The van der Waals surface area contributed by atoms with Crippen LogP contribution >= 0.6 is 11.6 Å². The van der Waals surface area contributed by atoms with E-state index in [9.17, 15) is 4.79 Å². The molecule has 0 aromatic heterocycles. The van der Waals surface area contributed by atoms with Crippen molar-refractivity contribution in [2.24, 2.45) is 0 Å². The van der Waals surface area contributed by atoms with Crippen LogP contribution in [0.25, 0.3) is 0 Å². The van der Waals surface area contributed by atoms with Gasteiger partial charge in [0, 0.05) is 27.9 Å². The second-order valence-corrected chi connectivity index (χ2v) is 4.57. The number of anilines is 1. The minimum Gasteiger partial charge on any atom is -0.493 e. The van der Waals surface area contributed by atoms with Crippen molar-refractivity contribution in [3.05, 3.63) is 52.5 Å². The standard InChI is InChI=1S/C15H14ClNO3/c1-19-13-7-11(12(17)8-14(13)20-2)15(18)9-3-5-10(16)6-4-9/h3-8H,17H2,1-2H3. The maximum atomic E-state index is 12.4. The lowest BCUT2D eigenvalue weighted by atomic mass is 10.0. The number of nitrogens with two attached hydrogens (primary N) is 1. The number of ketones is 1. The topological polar surface area (TPSA) is 61.5 Å². The third-order valence-electron chi connectivity index (χ3n) is 2.91. The first-order chi connectivity index (χ1) is 9.56. The summed E-state index contributed by atoms with van der Waals surface area (Å²) in [7, 11) is 3.02. The van der Waals surface area contributed by atoms with E-state index in [0.29, 0.717) is 33.3 Å². The number of hydrogen-bond acceptors (Lipinski definition) is 4. The second kappa shape index (κ2) is 5.84. The first kappa shape index (κ1) is 14.2. The van der Waals surface area contributed by atoms with Gasteiger partial charge in [-0.2, -0.15) is 0 Å². The zero-order valence-corrected chi connectivity index (χ0v) is 11.9. The quantitative estimate of drug-likeness (QED) is 0.694. The maximum Gasteiger partial charge on any atom is 0.195 e. The number of methoxy groups -OCH3 is 2. The molecule has 2 aromatic rings. The normalized spacial score (nSPS) is 10.2. The summed E-state index contributed by atoms with van der Waals surface area (Å²) in [6.07, 6.45) is 0. The molecule has 0 radical (unpaired) electrons. The molecular weight excluding hydrogens is 278 g/mol. The van der Waals surface area contributed by atoms with Crippen LogP contribution in [0.5, 0.6) is 11.5 Å². The van der Waals surface area contributed by atoms with Gasteiger partial charge < -0.3 is 15.2 Å². The van der Waals surface area contributed by atoms with Gasteiger partial charge in [0.1, 0.15) is 0 Å². The lowest BCUT2D eigenvalue weighted by Gasteiger charge is -2.12. The molecule has 0 amide bonds. The number of halogens is 1. The van der Waals surface area contributed by atoms with E-state index in [1.807, 2.05) is 0 Å². The van der Waals surface area contributed by atoms with Crippen molar-refractivity contribution in [3.63, 3.8) is 0 Å². The van der Waals surface area contributed by atoms with Gasteiger partial charge in [-0.05, 0) is 30.3 Å². The van der Waals surface area contributed by atoms with Gasteiger partial charge in [-0.3, -0.25) is 4.79 Å². The number of benzene rings is 2. The first-order valence-corrected chi connectivity index (χ1v) is 6.26. The molecule has 0 saturated heterocycles. The molecule has 0 atom stereocenters. The highest BCUT2D eigenvalue weighted by atomic mass is 35.5. The summed E-state index contributed by atoms with van der Waals surface area (Å²) in [6, 6.07) is 9.77. The van der Waals surface area contributed by atoms with E-state index in [2.05, 4.69) is 0 Å². The molecule has 0 aliphatic carbocycles. The highest BCUT2D eigenvalue weighted by Gasteiger charge is 2.16. The molecule has 20 heavy (non-hydrogen) atoms. The average molecular weight is 292 g/mol. The highest BCUT2D eigenvalue weighted by molar-refractivity contribution is 6.30. The molecule has 4 nitrogen and oxygen atoms in total. The fourth-order valence-electron chi connectivity index (χ4n) is 1.85. The van der Waals surface area contributed by atoms with Crippen LogP contribution in [0.1, 0.15) is 15.9 Å². The summed E-state index contributed by atoms with van der Waals surface area (Å²) < 4.78 is 10.3. The van der Waals surface area contributed by atoms with Crippen LogP contribution in [-0.4, -0.2) is 20.0 Å². The molecule has 0 bridgehead atoms. The average Bonchev–Trinajstić information content (AvgIpc) is 2.47. The molecule has 2 rings (SSSR count). The molecule has 0 unspecified atom stereocenters. The number of carbonyl (C=O) groups excluding carboxylic acids is 1. The van der Waals surface area contributed by atoms with E-state index in [1.54, 1.807) is 36.4 Å². The Hall–Kier alpha value is -2.20. The lowest BCUT2D eigenvalue weighted by molar-refractivity contribution is 0.103. The van der Waals surface area contributed by atoms with Gasteiger partial charge in [0.05, 0.1) is 14.2 Å². The van der Waals surface area contributed by atoms with Gasteiger partial charge in [0.2, 0.25) is 0 Å². The molecule has 104 valence electrons. The van der Waals surface area contributed by atoms with Crippen molar-refractivity contribution < 1.29 is 14.3 Å². The van der Waals surface area contributed by atoms with Gasteiger partial charge >= 0.3 is 0 Å². The van der Waals surface area contributed by atoms with E-state index < -0.39 is 0 Å². The predicted octanol–water partition coefficient (Wildman–Crippen LogP) is 3.17. The molecule has 0 saturated carbocycles. The van der Waals surface area contributed by atoms with Crippen LogP contribution in [-0.2, 0) is 0 Å². The Balaban J connectivity index is 2.46. The van der Waals surface area contributed by atoms with Crippen LogP contribution in [0.15, 0.2) is 36.4 Å². The third-order valence-corrected chi connectivity index (χ3v) is 3.16. The minimum atomic E-state index is -0.194. The van der Waals surface area contributed by atoms with Gasteiger partial charge in [-0.15, -0.1) is 0 Å². The SMILES string of the molecule is COc1cc(N)c(C(=O)c2ccc(Cl)cc2)cc1OC. The number of nitrogen functional groups attached to an aromatic ring is 1. The molecule has 0 aliphatic rings. The summed E-state index contributed by atoms with van der Waals surface area (Å²) in [5.41, 5.74) is 7.12. The van der Waals surface area contributed by atoms with E-state index in [1.165, 1.54) is 14.2 Å². The minimum absolute atomic E-state index is 0.194. The van der Waals surface area contributed by atoms with E-state index in [-0.39, 0.29) is 5.78 Å². The van der Waals surface area contributed by atoms with Crippen LogP contribution in [0.2, 0.25) is 5.02 Å². The second-order valence-electron chi connectivity index (χ2n) is 4.13. The van der Waals surface area contributed by atoms with E-state index >= 15 is 0 Å². The fourth-order valence-corrected chi connectivity index (χ4v) is 1.97. The molecule has 5 heteroatoms. The summed E-state index contributed by atoms with van der Waals surface area (Å²) in [5.74, 6) is 0.747. The Kier molecular flexibility index (Phi) is 4.15. The first-order valence-electron chi connectivity index (χ1n) is 5.88. The molecular formula is C15H14ClNO3. The zero-order valence-electron chi connectivity index (χ0n) is 11.1. The van der Waals surface area contributed by atoms with Crippen LogP contribution < -0.4 is 15.2 Å². The summed E-state index contributed by atoms with van der Waals surface area (Å²) in [6.45, 7) is 0. The number of hydrogen-bond donors (Lipinski definition) is 1. The van der Waals surface area contributed by atoms with Gasteiger partial charge in [-0.25, -0.2) is 0 Å². The van der Waals surface area contributed by atoms with Crippen LogP contribution in [0.4, 0.5) is 5.69 Å². The van der Waals surface area contributed by atoms with Crippen LogP contribution in [0.3, 0.4) is 0 Å². The maximum absolute atomic E-state index is 12.4. The van der Waals surface area contributed by atoms with Crippen molar-refractivity contribution in [3.8, 4) is 11.5 Å². The molecule has 0 spiro atoms. The van der Waals surface area contributed by atoms with Gasteiger partial charge in [0.25, 0.3) is 0 Å². The number of ether oxygens (including phenoxy) is 2. The Morgan fingerprint density at radius 2 is 1.60 bits per heavy atom. The number of carbonyl (C=O) groups is 1. The van der Waals surface area contributed by atoms with Crippen molar-refractivity contribution >= 4 is 23.1 Å². The Morgan fingerprint density at radius 3 is 2.15 bits per heavy atom. The van der Waals surface area contributed by atoms with Gasteiger partial charge in [-0.1, -0.05) is 11.6 Å². The highest BCUT2D eigenvalue weighted by Crippen LogP contribution is 2.33.